The summed E-state index contributed by atoms with van der Waals surface area (Å²) < 4.78 is 0. The van der Waals surface area contributed by atoms with E-state index in [1.807, 2.05) is 18.7 Å². The zero-order chi connectivity index (χ0) is 13.7. The molecule has 0 fully saturated rings. The van der Waals surface area contributed by atoms with Gasteiger partial charge in [-0.25, -0.2) is 0 Å². The molecular weight excluding hydrogens is 230 g/mol. The average Bonchev–Trinajstić information content (AvgIpc) is 2.34. The van der Waals surface area contributed by atoms with Gasteiger partial charge in [-0.05, 0) is 26.8 Å². The fourth-order valence-electron chi connectivity index (χ4n) is 1.91. The second-order valence-corrected chi connectivity index (χ2v) is 4.27. The van der Waals surface area contributed by atoms with Gasteiger partial charge in [-0.15, -0.1) is 0 Å². The normalized spacial score (nSPS) is 11.7. The number of para-hydroxylation sites is 1. The van der Waals surface area contributed by atoms with E-state index in [-0.39, 0.29) is 16.5 Å². The molecule has 0 N–H and O–H groups in total. The summed E-state index contributed by atoms with van der Waals surface area (Å²) >= 11 is 0. The third-order valence-corrected chi connectivity index (χ3v) is 2.84. The standard InChI is InChI=1S/C13H17N3O2/c1-4-15(9-10(2)8-14)12-7-5-6-11(3)13(12)16(17)18/h5-7,10H,4,9H2,1-3H3. The highest BCUT2D eigenvalue weighted by Gasteiger charge is 2.21. The van der Waals surface area contributed by atoms with Crippen LogP contribution in [0.1, 0.15) is 19.4 Å². The Hall–Kier alpha value is -2.09. The van der Waals surface area contributed by atoms with Crippen LogP contribution in [0.3, 0.4) is 0 Å². The van der Waals surface area contributed by atoms with Gasteiger partial charge in [0.25, 0.3) is 5.69 Å². The first-order valence-electron chi connectivity index (χ1n) is 5.89. The van der Waals surface area contributed by atoms with Crippen molar-refractivity contribution in [1.29, 1.82) is 5.26 Å². The largest absolute Gasteiger partial charge is 0.365 e. The van der Waals surface area contributed by atoms with Crippen molar-refractivity contribution in [3.8, 4) is 6.07 Å². The van der Waals surface area contributed by atoms with E-state index in [1.54, 1.807) is 25.1 Å². The van der Waals surface area contributed by atoms with Crippen molar-refractivity contribution < 1.29 is 4.92 Å². The Morgan fingerprint density at radius 3 is 2.72 bits per heavy atom. The number of nitro benzene ring substituents is 1. The molecule has 0 radical (unpaired) electrons. The Morgan fingerprint density at radius 2 is 2.22 bits per heavy atom. The van der Waals surface area contributed by atoms with Crippen LogP contribution < -0.4 is 4.90 Å². The van der Waals surface area contributed by atoms with Gasteiger partial charge in [-0.3, -0.25) is 10.1 Å². The molecule has 1 unspecified atom stereocenters. The van der Waals surface area contributed by atoms with Crippen molar-refractivity contribution in [3.63, 3.8) is 0 Å². The topological polar surface area (TPSA) is 70.2 Å². The van der Waals surface area contributed by atoms with E-state index in [1.165, 1.54) is 0 Å². The quantitative estimate of drug-likeness (QED) is 0.592. The lowest BCUT2D eigenvalue weighted by molar-refractivity contribution is -0.384. The molecule has 0 spiro atoms. The molecule has 18 heavy (non-hydrogen) atoms. The number of nitro groups is 1. The minimum Gasteiger partial charge on any atom is -0.365 e. The van der Waals surface area contributed by atoms with Crippen LogP contribution in [-0.4, -0.2) is 18.0 Å². The van der Waals surface area contributed by atoms with Crippen LogP contribution in [0, 0.1) is 34.3 Å². The van der Waals surface area contributed by atoms with Crippen LogP contribution in [0.2, 0.25) is 0 Å². The number of rotatable bonds is 5. The molecule has 0 aliphatic carbocycles. The molecule has 0 aliphatic rings. The SMILES string of the molecule is CCN(CC(C)C#N)c1cccc(C)c1[N+](=O)[O-]. The molecular formula is C13H17N3O2. The summed E-state index contributed by atoms with van der Waals surface area (Å²) in [5, 5.41) is 20.0. The second-order valence-electron chi connectivity index (χ2n) is 4.27. The minimum absolute atomic E-state index is 0.129. The molecule has 0 saturated heterocycles. The van der Waals surface area contributed by atoms with Crippen molar-refractivity contribution >= 4 is 11.4 Å². The number of anilines is 1. The number of hydrogen-bond donors (Lipinski definition) is 0. The highest BCUT2D eigenvalue weighted by atomic mass is 16.6. The molecule has 1 rings (SSSR count). The fraction of sp³-hybridized carbons (Fsp3) is 0.462. The summed E-state index contributed by atoms with van der Waals surface area (Å²) in [6.07, 6.45) is 0. The lowest BCUT2D eigenvalue weighted by Crippen LogP contribution is -2.28. The van der Waals surface area contributed by atoms with Gasteiger partial charge < -0.3 is 4.90 Å². The molecule has 0 saturated carbocycles. The van der Waals surface area contributed by atoms with E-state index in [0.717, 1.165) is 0 Å². The van der Waals surface area contributed by atoms with Crippen LogP contribution >= 0.6 is 0 Å². The number of nitriles is 1. The molecule has 5 nitrogen and oxygen atoms in total. The van der Waals surface area contributed by atoms with Crippen LogP contribution in [0.15, 0.2) is 18.2 Å². The summed E-state index contributed by atoms with van der Waals surface area (Å²) in [6.45, 7) is 6.59. The lowest BCUT2D eigenvalue weighted by Gasteiger charge is -2.24. The molecule has 0 bridgehead atoms. The first-order valence-corrected chi connectivity index (χ1v) is 5.89. The molecule has 1 aromatic carbocycles. The second kappa shape index (κ2) is 6.01. The van der Waals surface area contributed by atoms with Crippen LogP contribution in [-0.2, 0) is 0 Å². The maximum Gasteiger partial charge on any atom is 0.295 e. The van der Waals surface area contributed by atoms with Gasteiger partial charge in [-0.2, -0.15) is 5.26 Å². The molecule has 0 heterocycles. The zero-order valence-electron chi connectivity index (χ0n) is 10.9. The van der Waals surface area contributed by atoms with E-state index >= 15 is 0 Å². The van der Waals surface area contributed by atoms with E-state index in [9.17, 15) is 10.1 Å². The molecule has 0 aliphatic heterocycles. The third-order valence-electron chi connectivity index (χ3n) is 2.84. The minimum atomic E-state index is -0.357. The van der Waals surface area contributed by atoms with Crippen molar-refractivity contribution in [2.45, 2.75) is 20.8 Å². The Bertz CT molecular complexity index is 480. The smallest absolute Gasteiger partial charge is 0.295 e. The summed E-state index contributed by atoms with van der Waals surface area (Å²) in [6, 6.07) is 7.41. The van der Waals surface area contributed by atoms with Crippen LogP contribution in [0.25, 0.3) is 0 Å². The van der Waals surface area contributed by atoms with E-state index < -0.39 is 0 Å². The first kappa shape index (κ1) is 14.0. The van der Waals surface area contributed by atoms with Crippen molar-refractivity contribution in [2.24, 2.45) is 5.92 Å². The summed E-state index contributed by atoms with van der Waals surface area (Å²) in [7, 11) is 0. The van der Waals surface area contributed by atoms with Gasteiger partial charge in [0.05, 0.1) is 16.9 Å². The van der Waals surface area contributed by atoms with Crippen LogP contribution in [0.4, 0.5) is 11.4 Å². The predicted molar refractivity (Wildman–Crippen MR) is 70.5 cm³/mol. The van der Waals surface area contributed by atoms with Crippen LogP contribution in [0.5, 0.6) is 0 Å². The Morgan fingerprint density at radius 1 is 1.56 bits per heavy atom. The molecule has 0 amide bonds. The summed E-state index contributed by atoms with van der Waals surface area (Å²) in [4.78, 5) is 12.6. The van der Waals surface area contributed by atoms with Gasteiger partial charge in [0.15, 0.2) is 0 Å². The molecule has 5 heteroatoms. The third kappa shape index (κ3) is 2.98. The van der Waals surface area contributed by atoms with Gasteiger partial charge in [-0.1, -0.05) is 12.1 Å². The Labute approximate surface area is 107 Å². The fourth-order valence-corrected chi connectivity index (χ4v) is 1.91. The van der Waals surface area contributed by atoms with E-state index in [4.69, 9.17) is 5.26 Å². The molecule has 1 aromatic rings. The Balaban J connectivity index is 3.18. The molecule has 96 valence electrons. The van der Waals surface area contributed by atoms with Gasteiger partial charge >= 0.3 is 0 Å². The number of hydrogen-bond acceptors (Lipinski definition) is 4. The Kier molecular flexibility index (Phi) is 4.67. The highest BCUT2D eigenvalue weighted by molar-refractivity contribution is 5.66. The number of benzene rings is 1. The summed E-state index contributed by atoms with van der Waals surface area (Å²) in [5.41, 5.74) is 1.36. The maximum atomic E-state index is 11.1. The molecule has 1 atom stereocenters. The number of aryl methyl sites for hydroxylation is 1. The van der Waals surface area contributed by atoms with Crippen molar-refractivity contribution in [2.75, 3.05) is 18.0 Å². The van der Waals surface area contributed by atoms with E-state index in [2.05, 4.69) is 6.07 Å². The lowest BCUT2D eigenvalue weighted by atomic mass is 10.1. The summed E-state index contributed by atoms with van der Waals surface area (Å²) in [5.74, 6) is -0.162. The van der Waals surface area contributed by atoms with Gasteiger partial charge in [0, 0.05) is 18.7 Å². The average molecular weight is 247 g/mol. The highest BCUT2D eigenvalue weighted by Crippen LogP contribution is 2.31. The first-order chi connectivity index (χ1) is 8.51. The maximum absolute atomic E-state index is 11.1. The molecule has 0 aromatic heterocycles. The monoisotopic (exact) mass is 247 g/mol. The van der Waals surface area contributed by atoms with Crippen molar-refractivity contribution in [1.82, 2.24) is 0 Å². The zero-order valence-corrected chi connectivity index (χ0v) is 10.9. The van der Waals surface area contributed by atoms with Gasteiger partial charge in [0.2, 0.25) is 0 Å². The predicted octanol–water partition coefficient (Wildman–Crippen LogP) is 2.89. The van der Waals surface area contributed by atoms with E-state index in [0.29, 0.717) is 24.3 Å². The van der Waals surface area contributed by atoms with Gasteiger partial charge in [0.1, 0.15) is 5.69 Å². The number of nitrogens with zero attached hydrogens (tertiary/aromatic N) is 3. The van der Waals surface area contributed by atoms with Crippen molar-refractivity contribution in [3.05, 3.63) is 33.9 Å².